The van der Waals surface area contributed by atoms with Crippen molar-refractivity contribution in [2.75, 3.05) is 27.2 Å². The van der Waals surface area contributed by atoms with Gasteiger partial charge in [0, 0.05) is 13.6 Å². The number of likely N-dealkylation sites (N-methyl/N-ethyl adjacent to an activating group) is 1. The second-order valence-corrected chi connectivity index (χ2v) is 5.01. The fourth-order valence-electron chi connectivity index (χ4n) is 2.06. The van der Waals surface area contributed by atoms with Crippen LogP contribution in [-0.4, -0.2) is 32.1 Å². The molecule has 0 aliphatic carbocycles. The minimum atomic E-state index is -0.440. The van der Waals surface area contributed by atoms with Gasteiger partial charge in [0.2, 0.25) is 0 Å². The zero-order chi connectivity index (χ0) is 17.5. The van der Waals surface area contributed by atoms with Crippen molar-refractivity contribution in [2.45, 2.75) is 40.5 Å². The first kappa shape index (κ1) is 22.9. The van der Waals surface area contributed by atoms with Gasteiger partial charge in [-0.2, -0.15) is 0 Å². The molecule has 0 aromatic carbocycles. The van der Waals surface area contributed by atoms with Crippen LogP contribution in [0.3, 0.4) is 0 Å². The second kappa shape index (κ2) is 14.6. The third-order valence-corrected chi connectivity index (χ3v) is 3.28. The fourth-order valence-corrected chi connectivity index (χ4v) is 2.06. The van der Waals surface area contributed by atoms with Crippen molar-refractivity contribution in [1.29, 1.82) is 0 Å². The third kappa shape index (κ3) is 10.4. The Morgan fingerprint density at radius 2 is 1.95 bits per heavy atom. The van der Waals surface area contributed by atoms with E-state index in [4.69, 9.17) is 0 Å². The Morgan fingerprint density at radius 1 is 1.36 bits per heavy atom. The summed E-state index contributed by atoms with van der Waals surface area (Å²) in [6.07, 6.45) is 8.20. The molecule has 0 bridgehead atoms. The van der Waals surface area contributed by atoms with Gasteiger partial charge in [0.15, 0.2) is 0 Å². The molecule has 1 fully saturated rings. The highest BCUT2D eigenvalue weighted by molar-refractivity contribution is 5.31. The van der Waals surface area contributed by atoms with Gasteiger partial charge in [0.1, 0.15) is 5.83 Å². The molecule has 22 heavy (non-hydrogen) atoms. The van der Waals surface area contributed by atoms with Crippen molar-refractivity contribution in [2.24, 2.45) is 5.92 Å². The van der Waals surface area contributed by atoms with Crippen LogP contribution in [0.25, 0.3) is 0 Å². The molecule has 0 radical (unpaired) electrons. The first-order chi connectivity index (χ1) is 10.5. The highest BCUT2D eigenvalue weighted by atomic mass is 19.1. The molecule has 1 unspecified atom stereocenters. The van der Waals surface area contributed by atoms with Gasteiger partial charge < -0.3 is 10.2 Å². The molecule has 1 N–H and O–H groups in total. The number of allylic oxidation sites excluding steroid dienone is 4. The van der Waals surface area contributed by atoms with Crippen LogP contribution in [0.1, 0.15) is 40.5 Å². The zero-order valence-corrected chi connectivity index (χ0v) is 15.4. The number of hydrogen-bond acceptors (Lipinski definition) is 2. The lowest BCUT2D eigenvalue weighted by Gasteiger charge is -2.12. The van der Waals surface area contributed by atoms with E-state index in [1.165, 1.54) is 0 Å². The first-order valence-electron chi connectivity index (χ1n) is 8.18. The van der Waals surface area contributed by atoms with Crippen molar-refractivity contribution >= 4 is 0 Å². The largest absolute Gasteiger partial charge is 0.386 e. The van der Waals surface area contributed by atoms with Gasteiger partial charge in [0.25, 0.3) is 0 Å². The maximum atomic E-state index is 12.9. The Hall–Kier alpha value is -1.35. The number of nitrogens with zero attached hydrogens (tertiary/aromatic N) is 1. The molecule has 1 aliphatic rings. The highest BCUT2D eigenvalue weighted by Crippen LogP contribution is 2.23. The monoisotopic (exact) mass is 310 g/mol. The van der Waals surface area contributed by atoms with Gasteiger partial charge in [-0.05, 0) is 50.9 Å². The normalized spacial score (nSPS) is 18.1. The summed E-state index contributed by atoms with van der Waals surface area (Å²) in [6, 6.07) is 0. The summed E-state index contributed by atoms with van der Waals surface area (Å²) in [7, 11) is 3.77. The maximum Gasteiger partial charge on any atom is 0.139 e. The Morgan fingerprint density at radius 3 is 2.23 bits per heavy atom. The van der Waals surface area contributed by atoms with E-state index in [9.17, 15) is 4.39 Å². The summed E-state index contributed by atoms with van der Waals surface area (Å²) in [5.41, 5.74) is 1.40. The van der Waals surface area contributed by atoms with Gasteiger partial charge in [-0.25, -0.2) is 4.39 Å². The van der Waals surface area contributed by atoms with Crippen molar-refractivity contribution in [3.05, 3.63) is 48.5 Å². The van der Waals surface area contributed by atoms with Crippen LogP contribution in [-0.2, 0) is 0 Å². The molecule has 1 heterocycles. The van der Waals surface area contributed by atoms with E-state index < -0.39 is 5.83 Å². The van der Waals surface area contributed by atoms with Crippen molar-refractivity contribution < 1.29 is 4.39 Å². The Bertz CT molecular complexity index is 370. The molecule has 1 rings (SSSR count). The molecule has 1 atom stereocenters. The molecule has 0 aromatic rings. The van der Waals surface area contributed by atoms with Gasteiger partial charge >= 0.3 is 0 Å². The predicted octanol–water partition coefficient (Wildman–Crippen LogP) is 5.08. The minimum Gasteiger partial charge on any atom is -0.386 e. The fraction of sp³-hybridized carbons (Fsp3) is 0.579. The quantitative estimate of drug-likeness (QED) is 0.563. The summed E-state index contributed by atoms with van der Waals surface area (Å²) in [6.45, 7) is 17.5. The number of likely N-dealkylation sites (tertiary alicyclic amines) is 1. The molecule has 0 saturated carbocycles. The zero-order valence-electron chi connectivity index (χ0n) is 15.4. The van der Waals surface area contributed by atoms with Crippen LogP contribution >= 0.6 is 0 Å². The van der Waals surface area contributed by atoms with Gasteiger partial charge in [-0.15, -0.1) is 0 Å². The molecule has 1 saturated heterocycles. The van der Waals surface area contributed by atoms with E-state index in [-0.39, 0.29) is 0 Å². The van der Waals surface area contributed by atoms with Crippen LogP contribution < -0.4 is 5.32 Å². The number of hydrogen-bond donors (Lipinski definition) is 1. The molecule has 2 nitrogen and oxygen atoms in total. The van der Waals surface area contributed by atoms with Crippen molar-refractivity contribution in [3.63, 3.8) is 0 Å². The second-order valence-electron chi connectivity index (χ2n) is 5.01. The van der Waals surface area contributed by atoms with Gasteiger partial charge in [0.05, 0.1) is 5.70 Å². The third-order valence-electron chi connectivity index (χ3n) is 3.28. The number of rotatable bonds is 5. The average Bonchev–Trinajstić information content (AvgIpc) is 2.94. The Balaban J connectivity index is 0. The molecule has 1 aliphatic heterocycles. The van der Waals surface area contributed by atoms with Crippen LogP contribution in [0.5, 0.6) is 0 Å². The summed E-state index contributed by atoms with van der Waals surface area (Å²) in [5.74, 6) is 0.00250. The van der Waals surface area contributed by atoms with Gasteiger partial charge in [-0.3, -0.25) is 0 Å². The van der Waals surface area contributed by atoms with E-state index in [1.54, 1.807) is 13.1 Å². The maximum absolute atomic E-state index is 12.9. The summed E-state index contributed by atoms with van der Waals surface area (Å²) < 4.78 is 12.9. The van der Waals surface area contributed by atoms with E-state index in [1.807, 2.05) is 20.8 Å². The lowest BCUT2D eigenvalue weighted by Crippen LogP contribution is -2.15. The molecular weight excluding hydrogens is 275 g/mol. The molecule has 3 heteroatoms. The predicted molar refractivity (Wildman–Crippen MR) is 98.6 cm³/mol. The molecule has 0 aromatic heterocycles. The van der Waals surface area contributed by atoms with Crippen LogP contribution in [0.2, 0.25) is 0 Å². The van der Waals surface area contributed by atoms with Crippen molar-refractivity contribution in [1.82, 2.24) is 10.2 Å². The van der Waals surface area contributed by atoms with Gasteiger partial charge in [-0.1, -0.05) is 46.1 Å². The number of halogens is 1. The minimum absolute atomic E-state index is 0.426. The SMILES string of the molecule is C/C=C\CC.C=C(F)/C(=C/C(=C)C1CCN(C)C1)NC.CC. The molecule has 128 valence electrons. The van der Waals surface area contributed by atoms with Crippen LogP contribution in [0.15, 0.2) is 48.5 Å². The van der Waals surface area contributed by atoms with E-state index in [0.29, 0.717) is 11.6 Å². The van der Waals surface area contributed by atoms with Crippen LogP contribution in [0.4, 0.5) is 4.39 Å². The van der Waals surface area contributed by atoms with Crippen LogP contribution in [0, 0.1) is 5.92 Å². The average molecular weight is 311 g/mol. The topological polar surface area (TPSA) is 15.3 Å². The number of nitrogens with one attached hydrogen (secondary N) is 1. The van der Waals surface area contributed by atoms with E-state index >= 15 is 0 Å². The standard InChI is InChI=1S/C12H19FN2.C5H10.C2H6/c1-9(7-12(14-3)10(2)13)11-5-6-15(4)8-11;1-3-5-4-2;1-2/h7,11,14H,1-2,5-6,8H2,3-4H3;3,5H,4H2,1-2H3;1-2H3/b12-7-;5-3-;. The lowest BCUT2D eigenvalue weighted by molar-refractivity contribution is 0.406. The molecule has 0 spiro atoms. The first-order valence-corrected chi connectivity index (χ1v) is 8.18. The van der Waals surface area contributed by atoms with Crippen molar-refractivity contribution in [3.8, 4) is 0 Å². The van der Waals surface area contributed by atoms with E-state index in [2.05, 4.69) is 49.5 Å². The summed E-state index contributed by atoms with van der Waals surface area (Å²) in [5, 5.41) is 2.78. The Kier molecular flexibility index (Phi) is 15.2. The summed E-state index contributed by atoms with van der Waals surface area (Å²) in [4.78, 5) is 2.26. The van der Waals surface area contributed by atoms with E-state index in [0.717, 1.165) is 31.5 Å². The Labute approximate surface area is 137 Å². The lowest BCUT2D eigenvalue weighted by atomic mass is 9.99. The summed E-state index contributed by atoms with van der Waals surface area (Å²) >= 11 is 0. The molecule has 0 amide bonds. The highest BCUT2D eigenvalue weighted by Gasteiger charge is 2.21. The smallest absolute Gasteiger partial charge is 0.139 e. The molecular formula is C19H35FN2.